The largest absolute Gasteiger partial charge is 0.289 e. The van der Waals surface area contributed by atoms with E-state index in [1.54, 1.807) is 0 Å². The van der Waals surface area contributed by atoms with E-state index in [0.29, 0.717) is 4.60 Å². The topological polar surface area (TPSA) is 56.0 Å². The summed E-state index contributed by atoms with van der Waals surface area (Å²) in [6, 6.07) is 1.27. The Bertz CT molecular complexity index is 344. The molecule has 0 saturated carbocycles. The summed E-state index contributed by atoms with van der Waals surface area (Å²) in [7, 11) is 0. The monoisotopic (exact) mass is 314 g/mol. The molecule has 0 aliphatic carbocycles. The van der Waals surface area contributed by atoms with Crippen molar-refractivity contribution in [3.63, 3.8) is 0 Å². The van der Waals surface area contributed by atoms with Gasteiger partial charge in [-0.25, -0.2) is 4.98 Å². The first kappa shape index (κ1) is 9.88. The lowest BCUT2D eigenvalue weighted by molar-refractivity contribution is -0.385. The number of halogens is 3. The molecule has 0 N–H and O–H groups in total. The first-order valence-electron chi connectivity index (χ1n) is 2.68. The van der Waals surface area contributed by atoms with Crippen LogP contribution in [-0.2, 0) is 0 Å². The van der Waals surface area contributed by atoms with Crippen LogP contribution in [0.25, 0.3) is 0 Å². The predicted octanol–water partition coefficient (Wildman–Crippen LogP) is 3.17. The second-order valence-corrected chi connectivity index (χ2v) is 3.79. The average molecular weight is 316 g/mol. The lowest BCUT2D eigenvalue weighted by Crippen LogP contribution is -1.91. The van der Waals surface area contributed by atoms with Crippen LogP contribution < -0.4 is 0 Å². The van der Waals surface area contributed by atoms with E-state index in [-0.39, 0.29) is 15.3 Å². The van der Waals surface area contributed by atoms with Gasteiger partial charge < -0.3 is 0 Å². The van der Waals surface area contributed by atoms with Crippen molar-refractivity contribution < 1.29 is 4.92 Å². The minimum absolute atomic E-state index is 0.0658. The number of aromatic nitrogens is 1. The van der Waals surface area contributed by atoms with Gasteiger partial charge in [0.1, 0.15) is 9.08 Å². The maximum absolute atomic E-state index is 10.4. The smallest absolute Gasteiger partial charge is 0.258 e. The zero-order chi connectivity index (χ0) is 9.30. The lowest BCUT2D eigenvalue weighted by atomic mass is 10.4. The number of hydrogen-bond donors (Lipinski definition) is 0. The molecular weight excluding hydrogens is 315 g/mol. The molecule has 4 nitrogen and oxygen atoms in total. The SMILES string of the molecule is O=[N+]([O-])c1cc(Br)nc(Cl)c1Br. The van der Waals surface area contributed by atoms with Gasteiger partial charge in [0.2, 0.25) is 0 Å². The van der Waals surface area contributed by atoms with Crippen molar-refractivity contribution in [2.24, 2.45) is 0 Å². The van der Waals surface area contributed by atoms with Crippen molar-refractivity contribution >= 4 is 49.1 Å². The van der Waals surface area contributed by atoms with Gasteiger partial charge in [-0.1, -0.05) is 11.6 Å². The molecule has 0 bridgehead atoms. The van der Waals surface area contributed by atoms with Crippen molar-refractivity contribution in [3.8, 4) is 0 Å². The zero-order valence-electron chi connectivity index (χ0n) is 5.42. The van der Waals surface area contributed by atoms with Crippen molar-refractivity contribution in [3.05, 3.63) is 30.4 Å². The third-order valence-corrected chi connectivity index (χ3v) is 2.75. The van der Waals surface area contributed by atoms with E-state index in [1.165, 1.54) is 6.07 Å². The maximum atomic E-state index is 10.4. The highest BCUT2D eigenvalue weighted by Crippen LogP contribution is 2.32. The Morgan fingerprint density at radius 1 is 1.58 bits per heavy atom. The molecule has 1 rings (SSSR count). The van der Waals surface area contributed by atoms with Crippen LogP contribution in [0.1, 0.15) is 0 Å². The third-order valence-electron chi connectivity index (χ3n) is 1.06. The van der Waals surface area contributed by atoms with Crippen LogP contribution in [-0.4, -0.2) is 9.91 Å². The highest BCUT2D eigenvalue weighted by molar-refractivity contribution is 9.11. The Kier molecular flexibility index (Phi) is 3.03. The molecule has 0 aromatic carbocycles. The number of pyridine rings is 1. The van der Waals surface area contributed by atoms with Crippen molar-refractivity contribution in [1.29, 1.82) is 0 Å². The fourth-order valence-electron chi connectivity index (χ4n) is 0.590. The first-order chi connectivity index (χ1) is 5.52. The van der Waals surface area contributed by atoms with Crippen LogP contribution >= 0.6 is 43.5 Å². The van der Waals surface area contributed by atoms with E-state index in [4.69, 9.17) is 11.6 Å². The molecule has 0 radical (unpaired) electrons. The van der Waals surface area contributed by atoms with Gasteiger partial charge in [0.25, 0.3) is 5.69 Å². The Morgan fingerprint density at radius 2 is 2.17 bits per heavy atom. The molecule has 0 spiro atoms. The third kappa shape index (κ3) is 1.94. The van der Waals surface area contributed by atoms with Gasteiger partial charge in [0.05, 0.1) is 11.0 Å². The molecule has 12 heavy (non-hydrogen) atoms. The average Bonchev–Trinajstić information content (AvgIpc) is 1.96. The molecule has 0 fully saturated rings. The summed E-state index contributed by atoms with van der Waals surface area (Å²) in [4.78, 5) is 13.6. The van der Waals surface area contributed by atoms with Gasteiger partial charge in [0, 0.05) is 0 Å². The molecule has 0 aliphatic rings. The fraction of sp³-hybridized carbons (Fsp3) is 0. The molecule has 1 heterocycles. The van der Waals surface area contributed by atoms with Crippen LogP contribution in [0.4, 0.5) is 5.69 Å². The Balaban J connectivity index is 3.37. The van der Waals surface area contributed by atoms with E-state index >= 15 is 0 Å². The maximum Gasteiger partial charge on any atom is 0.289 e. The number of nitrogens with zero attached hydrogens (tertiary/aromatic N) is 2. The van der Waals surface area contributed by atoms with Crippen LogP contribution in [0.5, 0.6) is 0 Å². The molecule has 0 saturated heterocycles. The minimum Gasteiger partial charge on any atom is -0.258 e. The molecule has 7 heteroatoms. The second kappa shape index (κ2) is 3.67. The lowest BCUT2D eigenvalue weighted by Gasteiger charge is -1.97. The summed E-state index contributed by atoms with van der Waals surface area (Å²) in [6.45, 7) is 0. The second-order valence-electron chi connectivity index (χ2n) is 1.83. The standard InChI is InChI=1S/C5HBr2ClN2O2/c6-3-1-2(10(11)12)4(7)5(8)9-3/h1H. The molecule has 1 aromatic rings. The van der Waals surface area contributed by atoms with Crippen molar-refractivity contribution in [1.82, 2.24) is 4.98 Å². The number of hydrogen-bond acceptors (Lipinski definition) is 3. The van der Waals surface area contributed by atoms with Crippen molar-refractivity contribution in [2.75, 3.05) is 0 Å². The quantitative estimate of drug-likeness (QED) is 0.454. The van der Waals surface area contributed by atoms with Crippen LogP contribution in [0, 0.1) is 10.1 Å². The van der Waals surface area contributed by atoms with E-state index in [1.807, 2.05) is 0 Å². The van der Waals surface area contributed by atoms with Crippen LogP contribution in [0.2, 0.25) is 5.15 Å². The van der Waals surface area contributed by atoms with E-state index in [0.717, 1.165) is 0 Å². The van der Waals surface area contributed by atoms with Gasteiger partial charge in [0.15, 0.2) is 5.15 Å². The summed E-state index contributed by atoms with van der Waals surface area (Å²) in [5.74, 6) is 0. The van der Waals surface area contributed by atoms with E-state index in [9.17, 15) is 10.1 Å². The summed E-state index contributed by atoms with van der Waals surface area (Å²) < 4.78 is 0.528. The van der Waals surface area contributed by atoms with Gasteiger partial charge >= 0.3 is 0 Å². The van der Waals surface area contributed by atoms with E-state index in [2.05, 4.69) is 36.8 Å². The Labute approximate surface area is 89.3 Å². The Hall–Kier alpha value is -0.200. The van der Waals surface area contributed by atoms with Crippen LogP contribution in [0.3, 0.4) is 0 Å². The first-order valence-corrected chi connectivity index (χ1v) is 4.64. The summed E-state index contributed by atoms with van der Waals surface area (Å²) in [5, 5.41) is 10.5. The highest BCUT2D eigenvalue weighted by atomic mass is 79.9. The number of rotatable bonds is 1. The molecule has 0 unspecified atom stereocenters. The molecule has 0 atom stereocenters. The molecule has 64 valence electrons. The molecule has 0 aliphatic heterocycles. The van der Waals surface area contributed by atoms with Gasteiger partial charge in [-0.3, -0.25) is 10.1 Å². The van der Waals surface area contributed by atoms with Crippen LogP contribution in [0.15, 0.2) is 15.1 Å². The predicted molar refractivity (Wildman–Crippen MR) is 51.3 cm³/mol. The molecule has 1 aromatic heterocycles. The van der Waals surface area contributed by atoms with Crippen molar-refractivity contribution in [2.45, 2.75) is 0 Å². The van der Waals surface area contributed by atoms with Gasteiger partial charge in [-0.05, 0) is 31.9 Å². The fourth-order valence-corrected chi connectivity index (χ4v) is 1.62. The van der Waals surface area contributed by atoms with Gasteiger partial charge in [-0.15, -0.1) is 0 Å². The normalized spacial score (nSPS) is 9.92. The summed E-state index contributed by atoms with van der Waals surface area (Å²) in [5.41, 5.74) is -0.109. The number of nitro groups is 1. The van der Waals surface area contributed by atoms with Gasteiger partial charge in [-0.2, -0.15) is 0 Å². The highest BCUT2D eigenvalue weighted by Gasteiger charge is 2.16. The van der Waals surface area contributed by atoms with E-state index < -0.39 is 4.92 Å². The zero-order valence-corrected chi connectivity index (χ0v) is 9.35. The molecule has 0 amide bonds. The minimum atomic E-state index is -0.539. The summed E-state index contributed by atoms with van der Waals surface area (Å²) >= 11 is 11.5. The molecular formula is C5HBr2ClN2O2. The Morgan fingerprint density at radius 3 is 2.67 bits per heavy atom. The summed E-state index contributed by atoms with van der Waals surface area (Å²) in [6.07, 6.45) is 0.